The molecule has 4 nitrogen and oxygen atoms in total. The Balaban J connectivity index is 2.35. The van der Waals surface area contributed by atoms with E-state index in [0.29, 0.717) is 12.8 Å². The summed E-state index contributed by atoms with van der Waals surface area (Å²) in [5, 5.41) is 14.1. The summed E-state index contributed by atoms with van der Waals surface area (Å²) in [5.74, 6) is -0.574. The van der Waals surface area contributed by atoms with Gasteiger partial charge >= 0.3 is 0 Å². The van der Waals surface area contributed by atoms with E-state index in [9.17, 15) is 5.21 Å². The summed E-state index contributed by atoms with van der Waals surface area (Å²) in [4.78, 5) is 0. The van der Waals surface area contributed by atoms with Crippen LogP contribution in [0, 0.1) is 0 Å². The molecule has 0 amide bonds. The van der Waals surface area contributed by atoms with Gasteiger partial charge < -0.3 is 9.47 Å². The van der Waals surface area contributed by atoms with Crippen LogP contribution in [0.25, 0.3) is 0 Å². The Morgan fingerprint density at radius 1 is 1.05 bits per heavy atom. The van der Waals surface area contributed by atoms with Gasteiger partial charge in [-0.1, -0.05) is 13.8 Å². The zero-order valence-electron chi connectivity index (χ0n) is 13.2. The fraction of sp³-hybridized carbons (Fsp3) is 1.00. The van der Waals surface area contributed by atoms with Gasteiger partial charge in [0.2, 0.25) is 0 Å². The quantitative estimate of drug-likeness (QED) is 0.773. The highest BCUT2D eigenvalue weighted by atomic mass is 16.8. The smallest absolute Gasteiger partial charge is 0.172 e. The fourth-order valence-electron chi connectivity index (χ4n) is 3.86. The van der Waals surface area contributed by atoms with Crippen LogP contribution in [0.15, 0.2) is 0 Å². The van der Waals surface area contributed by atoms with Gasteiger partial charge in [-0.15, -0.1) is 10.3 Å². The first-order chi connectivity index (χ1) is 8.70. The SMILES string of the molecule is CCC1(CC)CC2(CC(C)(C)N1[O])OC(C)C(C)O2. The zero-order chi connectivity index (χ0) is 14.5. The molecule has 0 saturated carbocycles. The van der Waals surface area contributed by atoms with Crippen molar-refractivity contribution in [2.45, 2.75) is 96.3 Å². The molecule has 2 rings (SSSR count). The van der Waals surface area contributed by atoms with E-state index in [1.165, 1.54) is 5.06 Å². The van der Waals surface area contributed by atoms with Crippen molar-refractivity contribution in [3.05, 3.63) is 0 Å². The molecule has 2 aliphatic heterocycles. The minimum Gasteiger partial charge on any atom is -0.344 e. The summed E-state index contributed by atoms with van der Waals surface area (Å²) < 4.78 is 12.3. The maximum Gasteiger partial charge on any atom is 0.172 e. The lowest BCUT2D eigenvalue weighted by atomic mass is 9.73. The van der Waals surface area contributed by atoms with Crippen LogP contribution in [0.5, 0.6) is 0 Å². The van der Waals surface area contributed by atoms with Crippen LogP contribution in [0.1, 0.15) is 67.2 Å². The van der Waals surface area contributed by atoms with E-state index in [2.05, 4.69) is 27.7 Å². The average Bonchev–Trinajstić information content (AvgIpc) is 2.58. The molecule has 0 bridgehead atoms. The molecule has 2 atom stereocenters. The fourth-order valence-corrected chi connectivity index (χ4v) is 3.86. The molecule has 2 unspecified atom stereocenters. The van der Waals surface area contributed by atoms with E-state index in [0.717, 1.165) is 12.8 Å². The van der Waals surface area contributed by atoms with Gasteiger partial charge in [-0.2, -0.15) is 0 Å². The van der Waals surface area contributed by atoms with Gasteiger partial charge in [-0.3, -0.25) is 0 Å². The van der Waals surface area contributed by atoms with Crippen LogP contribution in [0.2, 0.25) is 0 Å². The predicted molar refractivity (Wildman–Crippen MR) is 73.0 cm³/mol. The number of hydrogen-bond acceptors (Lipinski definition) is 3. The van der Waals surface area contributed by atoms with E-state index in [4.69, 9.17) is 9.47 Å². The number of hydrogen-bond donors (Lipinski definition) is 0. The molecule has 0 aromatic carbocycles. The first-order valence-electron chi connectivity index (χ1n) is 7.53. The average molecular weight is 270 g/mol. The standard InChI is InChI=1S/C15H28NO3/c1-7-14(8-2)10-15(9-13(5,6)16(14)17)18-11(3)12(4)19-15/h11-12H,7-10H2,1-6H3. The maximum atomic E-state index is 12.7. The molecule has 1 radical (unpaired) electrons. The first-order valence-corrected chi connectivity index (χ1v) is 7.53. The Morgan fingerprint density at radius 2 is 1.53 bits per heavy atom. The molecule has 2 fully saturated rings. The van der Waals surface area contributed by atoms with Crippen LogP contribution in [0.3, 0.4) is 0 Å². The highest BCUT2D eigenvalue weighted by Gasteiger charge is 2.60. The van der Waals surface area contributed by atoms with Crippen LogP contribution < -0.4 is 0 Å². The van der Waals surface area contributed by atoms with Crippen LogP contribution >= 0.6 is 0 Å². The lowest BCUT2D eigenvalue weighted by Crippen LogP contribution is -2.66. The molecule has 0 aromatic rings. The van der Waals surface area contributed by atoms with Crippen molar-refractivity contribution >= 4 is 0 Å². The highest BCUT2D eigenvalue weighted by molar-refractivity contribution is 5.05. The van der Waals surface area contributed by atoms with Gasteiger partial charge in [0, 0.05) is 18.4 Å². The molecule has 0 aliphatic carbocycles. The molecular weight excluding hydrogens is 242 g/mol. The molecule has 2 heterocycles. The Hall–Kier alpha value is -0.160. The van der Waals surface area contributed by atoms with Crippen molar-refractivity contribution in [3.63, 3.8) is 0 Å². The second kappa shape index (κ2) is 4.69. The maximum absolute atomic E-state index is 12.7. The Kier molecular flexibility index (Phi) is 3.76. The normalized spacial score (nSPS) is 41.8. The second-order valence-electron chi connectivity index (χ2n) is 6.95. The molecule has 1 spiro atoms. The van der Waals surface area contributed by atoms with Gasteiger partial charge in [0.25, 0.3) is 0 Å². The molecule has 2 aliphatic rings. The van der Waals surface area contributed by atoms with Gasteiger partial charge in [0.05, 0.1) is 17.7 Å². The van der Waals surface area contributed by atoms with Gasteiger partial charge in [-0.25, -0.2) is 0 Å². The number of piperidine rings is 1. The lowest BCUT2D eigenvalue weighted by molar-refractivity contribution is -0.353. The third-order valence-corrected chi connectivity index (χ3v) is 5.06. The van der Waals surface area contributed by atoms with E-state index in [1.54, 1.807) is 0 Å². The van der Waals surface area contributed by atoms with Gasteiger partial charge in [-0.05, 0) is 40.5 Å². The van der Waals surface area contributed by atoms with Crippen molar-refractivity contribution in [1.29, 1.82) is 0 Å². The number of nitrogens with zero attached hydrogens (tertiary/aromatic N) is 1. The largest absolute Gasteiger partial charge is 0.344 e. The lowest BCUT2D eigenvalue weighted by Gasteiger charge is -2.55. The minimum atomic E-state index is -0.574. The highest BCUT2D eigenvalue weighted by Crippen LogP contribution is 2.51. The summed E-state index contributed by atoms with van der Waals surface area (Å²) >= 11 is 0. The minimum absolute atomic E-state index is 0.0976. The van der Waals surface area contributed by atoms with Crippen LogP contribution in [0.4, 0.5) is 0 Å². The third-order valence-electron chi connectivity index (χ3n) is 5.06. The van der Waals surface area contributed by atoms with Crippen molar-refractivity contribution in [2.75, 3.05) is 0 Å². The molecule has 0 N–H and O–H groups in total. The second-order valence-corrected chi connectivity index (χ2v) is 6.95. The zero-order valence-corrected chi connectivity index (χ0v) is 13.2. The van der Waals surface area contributed by atoms with Crippen LogP contribution in [-0.2, 0) is 14.7 Å². The predicted octanol–water partition coefficient (Wildman–Crippen LogP) is 3.29. The summed E-state index contributed by atoms with van der Waals surface area (Å²) in [5.41, 5.74) is -0.820. The Bertz CT molecular complexity index is 328. The van der Waals surface area contributed by atoms with E-state index in [1.807, 2.05) is 13.8 Å². The van der Waals surface area contributed by atoms with Gasteiger partial charge in [0.1, 0.15) is 0 Å². The topological polar surface area (TPSA) is 41.6 Å². The Labute approximate surface area is 117 Å². The van der Waals surface area contributed by atoms with Crippen molar-refractivity contribution in [1.82, 2.24) is 5.06 Å². The summed E-state index contributed by atoms with van der Waals surface area (Å²) in [6.07, 6.45) is 3.16. The summed E-state index contributed by atoms with van der Waals surface area (Å²) in [6.45, 7) is 12.3. The number of ether oxygens (including phenoxy) is 2. The third kappa shape index (κ3) is 2.33. The van der Waals surface area contributed by atoms with Crippen molar-refractivity contribution in [3.8, 4) is 0 Å². The van der Waals surface area contributed by atoms with E-state index >= 15 is 0 Å². The van der Waals surface area contributed by atoms with E-state index in [-0.39, 0.29) is 17.7 Å². The molecule has 19 heavy (non-hydrogen) atoms. The monoisotopic (exact) mass is 270 g/mol. The summed E-state index contributed by atoms with van der Waals surface area (Å²) in [7, 11) is 0. The van der Waals surface area contributed by atoms with E-state index < -0.39 is 11.3 Å². The molecule has 0 aromatic heterocycles. The molecule has 2 saturated heterocycles. The first kappa shape index (κ1) is 15.2. The number of rotatable bonds is 2. The van der Waals surface area contributed by atoms with Gasteiger partial charge in [0.15, 0.2) is 5.79 Å². The van der Waals surface area contributed by atoms with Crippen molar-refractivity contribution < 1.29 is 14.7 Å². The van der Waals surface area contributed by atoms with Crippen molar-refractivity contribution in [2.24, 2.45) is 0 Å². The molecule has 111 valence electrons. The molecular formula is C15H28NO3. The number of hydroxylamine groups is 2. The Morgan fingerprint density at radius 3 is 1.95 bits per heavy atom. The van der Waals surface area contributed by atoms with Crippen LogP contribution in [-0.4, -0.2) is 34.1 Å². The summed E-state index contributed by atoms with van der Waals surface area (Å²) in [6, 6.07) is 0. The molecule has 4 heteroatoms.